The number of carbonyl (C=O) groups is 1. The summed E-state index contributed by atoms with van der Waals surface area (Å²) in [5.41, 5.74) is 1.24. The molecule has 1 fully saturated rings. The molecule has 3 rings (SSSR count). The highest BCUT2D eigenvalue weighted by Gasteiger charge is 2.44. The van der Waals surface area contributed by atoms with Crippen LogP contribution in [0.5, 0.6) is 0 Å². The molecule has 0 radical (unpaired) electrons. The summed E-state index contributed by atoms with van der Waals surface area (Å²) in [5, 5.41) is 12.4. The van der Waals surface area contributed by atoms with E-state index in [1.807, 2.05) is 25.1 Å². The van der Waals surface area contributed by atoms with Gasteiger partial charge in [0.1, 0.15) is 5.01 Å². The number of aryl methyl sites for hydroxylation is 1. The number of nitrogens with zero attached hydrogens (tertiary/aromatic N) is 2. The molecule has 0 spiro atoms. The Labute approximate surface area is 115 Å². The second-order valence-electron chi connectivity index (χ2n) is 4.70. The Balaban J connectivity index is 1.61. The SMILES string of the molecule is CCc1nnc(NC(=O)C2CC2c2ccccc2)s1. The molecule has 2 atom stereocenters. The maximum Gasteiger partial charge on any atom is 0.229 e. The summed E-state index contributed by atoms with van der Waals surface area (Å²) in [7, 11) is 0. The van der Waals surface area contributed by atoms with Gasteiger partial charge in [-0.25, -0.2) is 0 Å². The Morgan fingerprint density at radius 1 is 1.37 bits per heavy atom. The normalized spacial score (nSPS) is 21.1. The first-order valence-electron chi connectivity index (χ1n) is 6.46. The van der Waals surface area contributed by atoms with Crippen molar-refractivity contribution in [1.82, 2.24) is 10.2 Å². The zero-order valence-corrected chi connectivity index (χ0v) is 11.5. The van der Waals surface area contributed by atoms with Gasteiger partial charge in [0.25, 0.3) is 0 Å². The molecule has 1 heterocycles. The van der Waals surface area contributed by atoms with E-state index in [9.17, 15) is 4.79 Å². The molecular weight excluding hydrogens is 258 g/mol. The summed E-state index contributed by atoms with van der Waals surface area (Å²) in [5.74, 6) is 0.504. The van der Waals surface area contributed by atoms with E-state index in [1.165, 1.54) is 16.9 Å². The minimum absolute atomic E-state index is 0.0626. The van der Waals surface area contributed by atoms with Gasteiger partial charge in [-0.05, 0) is 24.3 Å². The second-order valence-corrected chi connectivity index (χ2v) is 5.77. The molecule has 2 unspecified atom stereocenters. The van der Waals surface area contributed by atoms with Crippen LogP contribution >= 0.6 is 11.3 Å². The Hall–Kier alpha value is -1.75. The molecule has 98 valence electrons. The smallest absolute Gasteiger partial charge is 0.229 e. The van der Waals surface area contributed by atoms with E-state index in [4.69, 9.17) is 0 Å². The molecule has 1 aliphatic carbocycles. The summed E-state index contributed by atoms with van der Waals surface area (Å²) in [6, 6.07) is 10.2. The molecule has 1 N–H and O–H groups in total. The Morgan fingerprint density at radius 2 is 2.16 bits per heavy atom. The fourth-order valence-corrected chi connectivity index (χ4v) is 2.88. The lowest BCUT2D eigenvalue weighted by Crippen LogP contribution is -2.14. The molecule has 0 saturated heterocycles. The molecule has 0 bridgehead atoms. The standard InChI is InChI=1S/C14H15N3OS/c1-2-12-16-17-14(19-12)15-13(18)11-8-10(11)9-6-4-3-5-7-9/h3-7,10-11H,2,8H2,1H3,(H,15,17,18). The van der Waals surface area contributed by atoms with Crippen molar-refractivity contribution in [3.63, 3.8) is 0 Å². The minimum atomic E-state index is 0.0626. The number of hydrogen-bond acceptors (Lipinski definition) is 4. The third-order valence-electron chi connectivity index (χ3n) is 3.35. The molecule has 2 aromatic rings. The largest absolute Gasteiger partial charge is 0.300 e. The molecule has 19 heavy (non-hydrogen) atoms. The monoisotopic (exact) mass is 273 g/mol. The van der Waals surface area contributed by atoms with Gasteiger partial charge < -0.3 is 5.32 Å². The number of benzene rings is 1. The number of carbonyl (C=O) groups excluding carboxylic acids is 1. The van der Waals surface area contributed by atoms with Gasteiger partial charge >= 0.3 is 0 Å². The van der Waals surface area contributed by atoms with Gasteiger partial charge in [-0.1, -0.05) is 48.6 Å². The zero-order valence-electron chi connectivity index (χ0n) is 10.7. The van der Waals surface area contributed by atoms with Crippen LogP contribution in [0.25, 0.3) is 0 Å². The van der Waals surface area contributed by atoms with Crippen LogP contribution in [0.15, 0.2) is 30.3 Å². The van der Waals surface area contributed by atoms with Gasteiger partial charge in [-0.2, -0.15) is 0 Å². The predicted octanol–water partition coefficient (Wildman–Crippen LogP) is 2.84. The van der Waals surface area contributed by atoms with E-state index in [-0.39, 0.29) is 11.8 Å². The minimum Gasteiger partial charge on any atom is -0.300 e. The van der Waals surface area contributed by atoms with Crippen LogP contribution in [0, 0.1) is 5.92 Å². The van der Waals surface area contributed by atoms with E-state index in [2.05, 4.69) is 27.6 Å². The molecule has 1 aromatic heterocycles. The molecular formula is C14H15N3OS. The lowest BCUT2D eigenvalue weighted by Gasteiger charge is -2.00. The fourth-order valence-electron chi connectivity index (χ4n) is 2.20. The third kappa shape index (κ3) is 2.66. The van der Waals surface area contributed by atoms with Crippen LogP contribution in [0.4, 0.5) is 5.13 Å². The molecule has 1 amide bonds. The fraction of sp³-hybridized carbons (Fsp3) is 0.357. The highest BCUT2D eigenvalue weighted by molar-refractivity contribution is 7.15. The second kappa shape index (κ2) is 5.09. The predicted molar refractivity (Wildman–Crippen MR) is 75.2 cm³/mol. The van der Waals surface area contributed by atoms with E-state index in [0.717, 1.165) is 17.8 Å². The number of rotatable bonds is 4. The number of hydrogen-bond donors (Lipinski definition) is 1. The molecule has 1 saturated carbocycles. The van der Waals surface area contributed by atoms with Crippen LogP contribution in [0.1, 0.15) is 29.8 Å². The van der Waals surface area contributed by atoms with Gasteiger partial charge in [0.2, 0.25) is 11.0 Å². The first-order valence-corrected chi connectivity index (χ1v) is 7.27. The van der Waals surface area contributed by atoms with E-state index < -0.39 is 0 Å². The maximum atomic E-state index is 12.1. The van der Waals surface area contributed by atoms with E-state index >= 15 is 0 Å². The van der Waals surface area contributed by atoms with Crippen molar-refractivity contribution >= 4 is 22.4 Å². The third-order valence-corrected chi connectivity index (χ3v) is 4.34. The molecule has 4 nitrogen and oxygen atoms in total. The van der Waals surface area contributed by atoms with Crippen molar-refractivity contribution in [3.8, 4) is 0 Å². The summed E-state index contributed by atoms with van der Waals surface area (Å²) < 4.78 is 0. The molecule has 1 aliphatic rings. The lowest BCUT2D eigenvalue weighted by atomic mass is 10.1. The summed E-state index contributed by atoms with van der Waals surface area (Å²) in [6.07, 6.45) is 1.78. The van der Waals surface area contributed by atoms with E-state index in [1.54, 1.807) is 0 Å². The van der Waals surface area contributed by atoms with Crippen LogP contribution in [-0.2, 0) is 11.2 Å². The molecule has 1 aromatic carbocycles. The van der Waals surface area contributed by atoms with Gasteiger partial charge in [0.05, 0.1) is 0 Å². The first-order chi connectivity index (χ1) is 9.28. The van der Waals surface area contributed by atoms with Crippen molar-refractivity contribution in [2.45, 2.75) is 25.7 Å². The topological polar surface area (TPSA) is 54.9 Å². The maximum absolute atomic E-state index is 12.1. The van der Waals surface area contributed by atoms with Crippen molar-refractivity contribution in [2.75, 3.05) is 5.32 Å². The highest BCUT2D eigenvalue weighted by Crippen LogP contribution is 2.47. The van der Waals surface area contributed by atoms with Crippen molar-refractivity contribution in [1.29, 1.82) is 0 Å². The lowest BCUT2D eigenvalue weighted by molar-refractivity contribution is -0.117. The van der Waals surface area contributed by atoms with Crippen LogP contribution in [0.2, 0.25) is 0 Å². The van der Waals surface area contributed by atoms with E-state index in [0.29, 0.717) is 11.0 Å². The number of aromatic nitrogens is 2. The van der Waals surface area contributed by atoms with Crippen LogP contribution in [0.3, 0.4) is 0 Å². The summed E-state index contributed by atoms with van der Waals surface area (Å²) >= 11 is 1.45. The van der Waals surface area contributed by atoms with Crippen LogP contribution in [-0.4, -0.2) is 16.1 Å². The van der Waals surface area contributed by atoms with Gasteiger partial charge in [0.15, 0.2) is 0 Å². The Morgan fingerprint density at radius 3 is 2.84 bits per heavy atom. The van der Waals surface area contributed by atoms with Crippen molar-refractivity contribution in [2.24, 2.45) is 5.92 Å². The Kier molecular flexibility index (Phi) is 3.29. The zero-order chi connectivity index (χ0) is 13.2. The van der Waals surface area contributed by atoms with Crippen molar-refractivity contribution < 1.29 is 4.79 Å². The highest BCUT2D eigenvalue weighted by atomic mass is 32.1. The van der Waals surface area contributed by atoms with Gasteiger partial charge in [-0.15, -0.1) is 10.2 Å². The summed E-state index contributed by atoms with van der Waals surface area (Å²) in [4.78, 5) is 12.1. The quantitative estimate of drug-likeness (QED) is 0.932. The molecule has 5 heteroatoms. The number of nitrogens with one attached hydrogen (secondary N) is 1. The first kappa shape index (κ1) is 12.3. The van der Waals surface area contributed by atoms with Crippen LogP contribution < -0.4 is 5.32 Å². The molecule has 0 aliphatic heterocycles. The van der Waals surface area contributed by atoms with Crippen molar-refractivity contribution in [3.05, 3.63) is 40.9 Å². The van der Waals surface area contributed by atoms with Gasteiger partial charge in [-0.3, -0.25) is 4.79 Å². The number of anilines is 1. The van der Waals surface area contributed by atoms with Gasteiger partial charge in [0, 0.05) is 5.92 Å². The Bertz CT molecular complexity index is 581. The average Bonchev–Trinajstić information content (AvgIpc) is 3.13. The number of amides is 1. The average molecular weight is 273 g/mol. The summed E-state index contributed by atoms with van der Waals surface area (Å²) in [6.45, 7) is 2.03.